The molecule has 6 rings (SSSR count). The Kier molecular flexibility index (Phi) is 10.4. The molecule has 4 N–H and O–H groups in total. The normalized spacial score (nSPS) is 23.9. The van der Waals surface area contributed by atoms with Crippen LogP contribution in [0.2, 0.25) is 0 Å². The van der Waals surface area contributed by atoms with Gasteiger partial charge in [-0.3, -0.25) is 28.8 Å². The molecule has 0 unspecified atom stereocenters. The van der Waals surface area contributed by atoms with Crippen LogP contribution in [0.15, 0.2) is 37.4 Å². The maximum absolute atomic E-state index is 13.4. The molecule has 14 heteroatoms. The van der Waals surface area contributed by atoms with Gasteiger partial charge in [-0.2, -0.15) is 0 Å². The van der Waals surface area contributed by atoms with Crippen LogP contribution in [0.5, 0.6) is 0 Å². The van der Waals surface area contributed by atoms with E-state index < -0.39 is 35.1 Å². The minimum Gasteiger partial charge on any atom is -0.351 e. The molecule has 44 heavy (non-hydrogen) atoms. The Bertz CT molecular complexity index is 1500. The molecular weight excluding hydrogens is 718 g/mol. The number of anilines is 1. The summed E-state index contributed by atoms with van der Waals surface area (Å²) >= 11 is 7.79. The summed E-state index contributed by atoms with van der Waals surface area (Å²) in [6, 6.07) is 3.57. The van der Waals surface area contributed by atoms with Gasteiger partial charge in [-0.15, -0.1) is 11.3 Å². The van der Waals surface area contributed by atoms with E-state index in [9.17, 15) is 28.8 Å². The largest absolute Gasteiger partial charge is 0.351 e. The highest BCUT2D eigenvalue weighted by molar-refractivity contribution is 9.11. The molecule has 4 fully saturated rings. The van der Waals surface area contributed by atoms with Crippen LogP contribution in [0.1, 0.15) is 61.5 Å². The zero-order valence-electron chi connectivity index (χ0n) is 24.2. The Morgan fingerprint density at radius 1 is 1.05 bits per heavy atom. The molecule has 0 saturated heterocycles. The molecule has 11 nitrogen and oxygen atoms in total. The van der Waals surface area contributed by atoms with Gasteiger partial charge in [0.2, 0.25) is 17.6 Å². The van der Waals surface area contributed by atoms with Crippen LogP contribution in [0.25, 0.3) is 0 Å². The van der Waals surface area contributed by atoms with Crippen LogP contribution in [0.4, 0.5) is 5.69 Å². The number of pyridine rings is 1. The lowest BCUT2D eigenvalue weighted by atomic mass is 9.54. The molecule has 2 aromatic rings. The van der Waals surface area contributed by atoms with Crippen LogP contribution in [0, 0.1) is 23.7 Å². The smallest absolute Gasteiger partial charge is 0.287 e. The number of likely N-dealkylation sites (N-methyl/N-ethyl adjacent to an activating group) is 1. The quantitative estimate of drug-likeness (QED) is 0.243. The molecule has 4 bridgehead atoms. The summed E-state index contributed by atoms with van der Waals surface area (Å²) in [5.74, 6) is -0.487. The molecule has 0 radical (unpaired) electrons. The van der Waals surface area contributed by atoms with Crippen molar-refractivity contribution in [3.63, 3.8) is 0 Å². The van der Waals surface area contributed by atoms with Crippen molar-refractivity contribution in [3.8, 4) is 0 Å². The van der Waals surface area contributed by atoms with Gasteiger partial charge in [-0.25, -0.2) is 0 Å². The molecule has 0 aromatic carbocycles. The SMILES string of the molecule is CCNC(=O)C(=O)CC[C@H](NC(=O)c1sc(Br)cc1Br)C(=O)Nc1cccn(CC(=O)NC2C3CC4CC(C3)CC2C4)c1=O. The van der Waals surface area contributed by atoms with Gasteiger partial charge < -0.3 is 25.8 Å². The van der Waals surface area contributed by atoms with E-state index >= 15 is 0 Å². The van der Waals surface area contributed by atoms with Crippen LogP contribution >= 0.6 is 43.2 Å². The van der Waals surface area contributed by atoms with Crippen molar-refractivity contribution in [3.05, 3.63) is 47.9 Å². The van der Waals surface area contributed by atoms with Crippen molar-refractivity contribution >= 4 is 78.3 Å². The Hall–Kier alpha value is -2.84. The number of rotatable bonds is 12. The average molecular weight is 754 g/mol. The number of carbonyl (C=O) groups is 5. The molecule has 2 aromatic heterocycles. The highest BCUT2D eigenvalue weighted by Gasteiger charge is 2.48. The number of thiophene rings is 1. The minimum absolute atomic E-state index is 0.0747. The number of ketones is 1. The minimum atomic E-state index is -1.23. The first kappa shape index (κ1) is 32.6. The lowest BCUT2D eigenvalue weighted by molar-refractivity contribution is -0.138. The van der Waals surface area contributed by atoms with Crippen LogP contribution < -0.4 is 26.8 Å². The van der Waals surface area contributed by atoms with E-state index in [0.29, 0.717) is 25.0 Å². The fraction of sp³-hybridized carbons (Fsp3) is 0.533. The fourth-order valence-electron chi connectivity index (χ4n) is 7.16. The van der Waals surface area contributed by atoms with Gasteiger partial charge in [0.05, 0.1) is 3.79 Å². The molecule has 236 valence electrons. The lowest BCUT2D eigenvalue weighted by Gasteiger charge is -2.54. The summed E-state index contributed by atoms with van der Waals surface area (Å²) in [7, 11) is 0. The summed E-state index contributed by atoms with van der Waals surface area (Å²) in [5, 5.41) is 10.8. The zero-order valence-corrected chi connectivity index (χ0v) is 28.2. The second kappa shape index (κ2) is 14.1. The number of hydrogen-bond donors (Lipinski definition) is 4. The van der Waals surface area contributed by atoms with Crippen LogP contribution in [-0.4, -0.2) is 52.6 Å². The van der Waals surface area contributed by atoms with Crippen LogP contribution in [-0.2, 0) is 25.7 Å². The van der Waals surface area contributed by atoms with Gasteiger partial charge in [0.1, 0.15) is 23.2 Å². The zero-order chi connectivity index (χ0) is 31.5. The maximum atomic E-state index is 13.4. The summed E-state index contributed by atoms with van der Waals surface area (Å²) in [6.07, 6.45) is 6.97. The van der Waals surface area contributed by atoms with E-state index in [4.69, 9.17) is 0 Å². The molecule has 4 aliphatic rings. The summed E-state index contributed by atoms with van der Waals surface area (Å²) < 4.78 is 2.45. The Balaban J connectivity index is 1.25. The molecule has 0 spiro atoms. The standard InChI is InChI=1S/C30H35Br2N5O6S/c1-2-33-28(41)22(38)6-5-20(34-29(42)26-19(31)13-23(32)44-26)27(40)35-21-4-3-7-37(30(21)43)14-24(39)36-25-17-9-15-8-16(11-17)12-18(25)10-15/h3-4,7,13,15-18,20,25H,2,5-6,8-12,14H2,1H3,(H,33,41)(H,34,42)(H,35,40)(H,36,39)/t15?,16?,17?,18?,20-,25?/m0/s1. The Morgan fingerprint density at radius 3 is 2.34 bits per heavy atom. The lowest BCUT2D eigenvalue weighted by Crippen LogP contribution is -2.56. The number of nitrogens with one attached hydrogen (secondary N) is 4. The fourth-order valence-corrected chi connectivity index (χ4v) is 9.66. The molecule has 0 aliphatic heterocycles. The first-order chi connectivity index (χ1) is 21.0. The molecule has 2 heterocycles. The summed E-state index contributed by atoms with van der Waals surface area (Å²) in [4.78, 5) is 77.3. The van der Waals surface area contributed by atoms with Gasteiger partial charge in [-0.1, -0.05) is 0 Å². The van der Waals surface area contributed by atoms with E-state index in [1.807, 2.05) is 0 Å². The van der Waals surface area contributed by atoms with Gasteiger partial charge in [0.25, 0.3) is 17.4 Å². The van der Waals surface area contributed by atoms with Crippen molar-refractivity contribution in [2.75, 3.05) is 11.9 Å². The van der Waals surface area contributed by atoms with E-state index in [1.165, 1.54) is 23.3 Å². The number of aromatic nitrogens is 1. The van der Waals surface area contributed by atoms with E-state index in [2.05, 4.69) is 53.1 Å². The third-order valence-electron chi connectivity index (χ3n) is 8.88. The monoisotopic (exact) mass is 751 g/mol. The number of carbonyl (C=O) groups excluding carboxylic acids is 5. The predicted molar refractivity (Wildman–Crippen MR) is 172 cm³/mol. The highest BCUT2D eigenvalue weighted by atomic mass is 79.9. The number of Topliss-reactive ketones (excluding diaryl/α,β-unsaturated/α-hetero) is 1. The van der Waals surface area contributed by atoms with Crippen molar-refractivity contribution in [2.24, 2.45) is 23.7 Å². The van der Waals surface area contributed by atoms with Crippen molar-refractivity contribution < 1.29 is 24.0 Å². The summed E-state index contributed by atoms with van der Waals surface area (Å²) in [6.45, 7) is 1.76. The van der Waals surface area contributed by atoms with Gasteiger partial charge in [0.15, 0.2) is 0 Å². The number of hydrogen-bond acceptors (Lipinski definition) is 7. The van der Waals surface area contributed by atoms with Gasteiger partial charge in [-0.05, 0) is 119 Å². The van der Waals surface area contributed by atoms with Gasteiger partial charge in [0, 0.05) is 29.7 Å². The predicted octanol–water partition coefficient (Wildman–Crippen LogP) is 3.60. The topological polar surface area (TPSA) is 155 Å². The van der Waals surface area contributed by atoms with Crippen molar-refractivity contribution in [1.29, 1.82) is 0 Å². The van der Waals surface area contributed by atoms with Crippen molar-refractivity contribution in [2.45, 2.75) is 70.5 Å². The molecule has 4 saturated carbocycles. The number of halogens is 2. The molecule has 1 atom stereocenters. The average Bonchev–Trinajstić information content (AvgIpc) is 3.32. The first-order valence-electron chi connectivity index (χ1n) is 14.9. The van der Waals surface area contributed by atoms with E-state index in [-0.39, 0.29) is 43.6 Å². The van der Waals surface area contributed by atoms with E-state index in [0.717, 1.165) is 48.9 Å². The van der Waals surface area contributed by atoms with E-state index in [1.54, 1.807) is 19.1 Å². The Labute approximate surface area is 275 Å². The molecule has 4 aliphatic carbocycles. The van der Waals surface area contributed by atoms with Crippen LogP contribution in [0.3, 0.4) is 0 Å². The third-order valence-corrected chi connectivity index (χ3v) is 11.4. The number of nitrogens with zero attached hydrogens (tertiary/aromatic N) is 1. The molecule has 4 amide bonds. The third kappa shape index (κ3) is 7.51. The Morgan fingerprint density at radius 2 is 1.73 bits per heavy atom. The molecular formula is C30H35Br2N5O6S. The highest BCUT2D eigenvalue weighted by Crippen LogP contribution is 2.53. The second-order valence-electron chi connectivity index (χ2n) is 11.9. The van der Waals surface area contributed by atoms with Crippen molar-refractivity contribution in [1.82, 2.24) is 20.5 Å². The van der Waals surface area contributed by atoms with Gasteiger partial charge >= 0.3 is 0 Å². The first-order valence-corrected chi connectivity index (χ1v) is 17.3. The second-order valence-corrected chi connectivity index (χ2v) is 15.2. The summed E-state index contributed by atoms with van der Waals surface area (Å²) in [5.41, 5.74) is -0.649. The maximum Gasteiger partial charge on any atom is 0.287 e. The number of amides is 4.